The van der Waals surface area contributed by atoms with Crippen molar-refractivity contribution in [2.24, 2.45) is 7.05 Å². The van der Waals surface area contributed by atoms with E-state index in [1.807, 2.05) is 66.4 Å². The lowest BCUT2D eigenvalue weighted by molar-refractivity contribution is 0.589. The summed E-state index contributed by atoms with van der Waals surface area (Å²) >= 11 is 0. The molecule has 0 radical (unpaired) electrons. The van der Waals surface area contributed by atoms with Gasteiger partial charge in [-0.1, -0.05) is 12.1 Å². The number of rotatable bonds is 2. The maximum Gasteiger partial charge on any atom is 0.220 e. The maximum absolute atomic E-state index is 5.60. The van der Waals surface area contributed by atoms with Gasteiger partial charge in [-0.15, -0.1) is 0 Å². The third kappa shape index (κ3) is 1.87. The summed E-state index contributed by atoms with van der Waals surface area (Å²) in [6, 6.07) is 11.8. The summed E-state index contributed by atoms with van der Waals surface area (Å²) in [4.78, 5) is 4.38. The molecular formula is C14H12N2O. The van der Waals surface area contributed by atoms with E-state index in [1.54, 1.807) is 0 Å². The molecule has 0 unspecified atom stereocenters. The van der Waals surface area contributed by atoms with Crippen LogP contribution in [0.1, 0.15) is 11.6 Å². The second-order valence-corrected chi connectivity index (χ2v) is 3.90. The highest BCUT2D eigenvalue weighted by Crippen LogP contribution is 2.16. The van der Waals surface area contributed by atoms with Gasteiger partial charge in [-0.05, 0) is 30.3 Å². The average Bonchev–Trinajstić information content (AvgIpc) is 2.92. The first-order chi connectivity index (χ1) is 8.33. The van der Waals surface area contributed by atoms with Crippen molar-refractivity contribution >= 4 is 23.3 Å². The highest BCUT2D eigenvalue weighted by Gasteiger charge is 2.01. The van der Waals surface area contributed by atoms with Gasteiger partial charge in [0, 0.05) is 25.0 Å². The molecule has 0 fully saturated rings. The monoisotopic (exact) mass is 224 g/mol. The minimum Gasteiger partial charge on any atom is -0.437 e. The lowest BCUT2D eigenvalue weighted by Crippen LogP contribution is -1.86. The van der Waals surface area contributed by atoms with Gasteiger partial charge in [0.25, 0.3) is 0 Å². The fourth-order valence-electron chi connectivity index (χ4n) is 1.77. The van der Waals surface area contributed by atoms with E-state index < -0.39 is 0 Å². The molecule has 17 heavy (non-hydrogen) atoms. The lowest BCUT2D eigenvalue weighted by Gasteiger charge is -1.93. The van der Waals surface area contributed by atoms with Crippen LogP contribution in [0.15, 0.2) is 47.0 Å². The fourth-order valence-corrected chi connectivity index (χ4v) is 1.77. The fraction of sp³-hybridized carbons (Fsp3) is 0.0714. The lowest BCUT2D eigenvalue weighted by atomic mass is 10.3. The van der Waals surface area contributed by atoms with Crippen LogP contribution in [0, 0.1) is 0 Å². The van der Waals surface area contributed by atoms with Crippen LogP contribution in [0.4, 0.5) is 0 Å². The van der Waals surface area contributed by atoms with E-state index in [1.165, 1.54) is 0 Å². The molecule has 0 spiro atoms. The van der Waals surface area contributed by atoms with E-state index in [0.29, 0.717) is 5.89 Å². The van der Waals surface area contributed by atoms with Gasteiger partial charge >= 0.3 is 0 Å². The molecule has 84 valence electrons. The number of nitrogens with zero attached hydrogens (tertiary/aromatic N) is 2. The van der Waals surface area contributed by atoms with Crippen molar-refractivity contribution in [3.05, 3.63) is 54.2 Å². The van der Waals surface area contributed by atoms with E-state index in [-0.39, 0.29) is 0 Å². The van der Waals surface area contributed by atoms with Gasteiger partial charge < -0.3 is 8.98 Å². The van der Waals surface area contributed by atoms with Crippen molar-refractivity contribution in [3.63, 3.8) is 0 Å². The SMILES string of the molecule is Cn1cccc1/C=C/c1nc2ccccc2o1. The summed E-state index contributed by atoms with van der Waals surface area (Å²) in [6.07, 6.45) is 5.88. The molecule has 0 aliphatic carbocycles. The first kappa shape index (κ1) is 9.90. The van der Waals surface area contributed by atoms with E-state index in [0.717, 1.165) is 16.8 Å². The van der Waals surface area contributed by atoms with Gasteiger partial charge in [0.15, 0.2) is 5.58 Å². The third-order valence-corrected chi connectivity index (χ3v) is 2.69. The Kier molecular flexibility index (Phi) is 2.29. The molecule has 0 saturated carbocycles. The molecule has 3 nitrogen and oxygen atoms in total. The van der Waals surface area contributed by atoms with Gasteiger partial charge in [-0.3, -0.25) is 0 Å². The minimum atomic E-state index is 0.632. The Morgan fingerprint density at radius 1 is 1.12 bits per heavy atom. The molecular weight excluding hydrogens is 212 g/mol. The summed E-state index contributed by atoms with van der Waals surface area (Å²) in [5.74, 6) is 0.632. The smallest absolute Gasteiger partial charge is 0.220 e. The van der Waals surface area contributed by atoms with Crippen LogP contribution in [0.25, 0.3) is 23.3 Å². The minimum absolute atomic E-state index is 0.632. The molecule has 0 aliphatic heterocycles. The quantitative estimate of drug-likeness (QED) is 0.668. The highest BCUT2D eigenvalue weighted by atomic mass is 16.3. The van der Waals surface area contributed by atoms with Crippen LogP contribution in [0.5, 0.6) is 0 Å². The van der Waals surface area contributed by atoms with Crippen LogP contribution < -0.4 is 0 Å². The number of aryl methyl sites for hydroxylation is 1. The van der Waals surface area contributed by atoms with Crippen LogP contribution in [-0.2, 0) is 7.05 Å². The van der Waals surface area contributed by atoms with E-state index >= 15 is 0 Å². The largest absolute Gasteiger partial charge is 0.437 e. The zero-order valence-corrected chi connectivity index (χ0v) is 9.50. The Balaban J connectivity index is 1.95. The number of fused-ring (bicyclic) bond motifs is 1. The molecule has 0 amide bonds. The Morgan fingerprint density at radius 2 is 2.00 bits per heavy atom. The van der Waals surface area contributed by atoms with Gasteiger partial charge in [0.1, 0.15) is 5.52 Å². The van der Waals surface area contributed by atoms with Gasteiger partial charge in [0.2, 0.25) is 5.89 Å². The summed E-state index contributed by atoms with van der Waals surface area (Å²) in [6.45, 7) is 0. The summed E-state index contributed by atoms with van der Waals surface area (Å²) in [7, 11) is 2.01. The third-order valence-electron chi connectivity index (χ3n) is 2.69. The normalized spacial score (nSPS) is 11.6. The second-order valence-electron chi connectivity index (χ2n) is 3.90. The molecule has 1 aromatic carbocycles. The number of hydrogen-bond donors (Lipinski definition) is 0. The van der Waals surface area contributed by atoms with Crippen molar-refractivity contribution in [3.8, 4) is 0 Å². The summed E-state index contributed by atoms with van der Waals surface area (Å²) in [5, 5.41) is 0. The Labute approximate surface area is 99.0 Å². The Hall–Kier alpha value is -2.29. The van der Waals surface area contributed by atoms with E-state index in [4.69, 9.17) is 4.42 Å². The molecule has 0 bridgehead atoms. The number of benzene rings is 1. The molecule has 0 aliphatic rings. The standard InChI is InChI=1S/C14H12N2O/c1-16-10-4-5-11(16)8-9-14-15-12-6-2-3-7-13(12)17-14/h2-10H,1H3/b9-8+. The molecule has 3 aromatic rings. The molecule has 2 aromatic heterocycles. The molecule has 3 heteroatoms. The number of oxazole rings is 1. The predicted octanol–water partition coefficient (Wildman–Crippen LogP) is 3.34. The van der Waals surface area contributed by atoms with E-state index in [9.17, 15) is 0 Å². The second kappa shape index (κ2) is 3.94. The highest BCUT2D eigenvalue weighted by molar-refractivity contribution is 5.75. The van der Waals surface area contributed by atoms with Crippen molar-refractivity contribution in [1.82, 2.24) is 9.55 Å². The van der Waals surface area contributed by atoms with Crippen LogP contribution in [0.3, 0.4) is 0 Å². The molecule has 0 atom stereocenters. The van der Waals surface area contributed by atoms with Crippen molar-refractivity contribution in [1.29, 1.82) is 0 Å². The average molecular weight is 224 g/mol. The van der Waals surface area contributed by atoms with Crippen LogP contribution >= 0.6 is 0 Å². The van der Waals surface area contributed by atoms with Gasteiger partial charge in [0.05, 0.1) is 0 Å². The molecule has 0 N–H and O–H groups in total. The molecule has 2 heterocycles. The molecule has 3 rings (SSSR count). The Bertz CT molecular complexity index is 643. The first-order valence-corrected chi connectivity index (χ1v) is 5.48. The maximum atomic E-state index is 5.60. The van der Waals surface area contributed by atoms with Crippen LogP contribution in [-0.4, -0.2) is 9.55 Å². The zero-order valence-electron chi connectivity index (χ0n) is 9.50. The van der Waals surface area contributed by atoms with Crippen LogP contribution in [0.2, 0.25) is 0 Å². The predicted molar refractivity (Wildman–Crippen MR) is 68.4 cm³/mol. The first-order valence-electron chi connectivity index (χ1n) is 5.48. The van der Waals surface area contributed by atoms with Crippen molar-refractivity contribution in [2.45, 2.75) is 0 Å². The van der Waals surface area contributed by atoms with Gasteiger partial charge in [-0.2, -0.15) is 0 Å². The summed E-state index contributed by atoms with van der Waals surface area (Å²) in [5.41, 5.74) is 2.82. The topological polar surface area (TPSA) is 31.0 Å². The van der Waals surface area contributed by atoms with E-state index in [2.05, 4.69) is 4.98 Å². The molecule has 0 saturated heterocycles. The number of para-hydroxylation sites is 2. The zero-order chi connectivity index (χ0) is 11.7. The number of aromatic nitrogens is 2. The Morgan fingerprint density at radius 3 is 2.76 bits per heavy atom. The van der Waals surface area contributed by atoms with Crippen molar-refractivity contribution < 1.29 is 4.42 Å². The summed E-state index contributed by atoms with van der Waals surface area (Å²) < 4.78 is 7.64. The number of hydrogen-bond acceptors (Lipinski definition) is 2. The van der Waals surface area contributed by atoms with Crippen molar-refractivity contribution in [2.75, 3.05) is 0 Å². The van der Waals surface area contributed by atoms with Gasteiger partial charge in [-0.25, -0.2) is 4.98 Å².